The van der Waals surface area contributed by atoms with Crippen LogP contribution in [0.25, 0.3) is 0 Å². The molecule has 0 bridgehead atoms. The predicted molar refractivity (Wildman–Crippen MR) is 106 cm³/mol. The van der Waals surface area contributed by atoms with Gasteiger partial charge in [0.1, 0.15) is 4.90 Å². The number of amides is 1. The summed E-state index contributed by atoms with van der Waals surface area (Å²) < 4.78 is 27.4. The van der Waals surface area contributed by atoms with Gasteiger partial charge in [-0.15, -0.1) is 0 Å². The molecule has 1 fully saturated rings. The molecule has 0 spiro atoms. The van der Waals surface area contributed by atoms with E-state index in [0.717, 1.165) is 25.9 Å². The highest BCUT2D eigenvalue weighted by molar-refractivity contribution is 7.92. The number of sulfonamides is 1. The molecule has 2 aromatic rings. The molecule has 2 N–H and O–H groups in total. The van der Waals surface area contributed by atoms with Gasteiger partial charge in [-0.2, -0.15) is 0 Å². The maximum atomic E-state index is 13.1. The van der Waals surface area contributed by atoms with Crippen LogP contribution in [-0.4, -0.2) is 41.0 Å². The van der Waals surface area contributed by atoms with E-state index in [-0.39, 0.29) is 16.4 Å². The fourth-order valence-corrected chi connectivity index (χ4v) is 4.62. The van der Waals surface area contributed by atoms with Crippen molar-refractivity contribution >= 4 is 21.6 Å². The Morgan fingerprint density at radius 2 is 1.85 bits per heavy atom. The number of anilines is 1. The fraction of sp³-hybridized carbons (Fsp3) is 0.350. The lowest BCUT2D eigenvalue weighted by molar-refractivity contribution is 0.0941. The average molecular weight is 388 g/mol. The number of rotatable bonds is 6. The van der Waals surface area contributed by atoms with Gasteiger partial charge < -0.3 is 10.6 Å². The number of piperidine rings is 1. The number of nitrogens with one attached hydrogen (secondary N) is 2. The van der Waals surface area contributed by atoms with Gasteiger partial charge in [0.2, 0.25) is 0 Å². The molecular weight excluding hydrogens is 362 g/mol. The molecule has 0 aromatic heterocycles. The lowest BCUT2D eigenvalue weighted by Crippen LogP contribution is -2.38. The molecule has 1 aliphatic rings. The second kappa shape index (κ2) is 8.54. The van der Waals surface area contributed by atoms with Crippen LogP contribution in [0.4, 0.5) is 5.69 Å². The summed E-state index contributed by atoms with van der Waals surface area (Å²) in [6, 6.07) is 15.2. The van der Waals surface area contributed by atoms with Gasteiger partial charge in [-0.1, -0.05) is 30.3 Å². The molecule has 1 atom stereocenters. The van der Waals surface area contributed by atoms with Crippen molar-refractivity contribution in [3.63, 3.8) is 0 Å². The molecule has 144 valence electrons. The van der Waals surface area contributed by atoms with Crippen LogP contribution in [0.3, 0.4) is 0 Å². The molecule has 3 rings (SSSR count). The van der Waals surface area contributed by atoms with Crippen molar-refractivity contribution in [2.45, 2.75) is 17.7 Å². The van der Waals surface area contributed by atoms with Crippen molar-refractivity contribution in [3.05, 3.63) is 60.2 Å². The van der Waals surface area contributed by atoms with Crippen LogP contribution in [0.1, 0.15) is 23.2 Å². The van der Waals surface area contributed by atoms with E-state index in [1.54, 1.807) is 42.5 Å². The van der Waals surface area contributed by atoms with Crippen molar-refractivity contribution in [1.82, 2.24) is 10.6 Å². The minimum atomic E-state index is -3.85. The molecule has 7 heteroatoms. The number of nitrogens with zero attached hydrogens (tertiary/aromatic N) is 1. The van der Waals surface area contributed by atoms with Crippen molar-refractivity contribution in [2.24, 2.45) is 5.92 Å². The Morgan fingerprint density at radius 1 is 1.15 bits per heavy atom. The van der Waals surface area contributed by atoms with Gasteiger partial charge in [0.25, 0.3) is 15.9 Å². The number of hydrogen-bond donors (Lipinski definition) is 2. The number of hydrogen-bond acceptors (Lipinski definition) is 4. The Labute approximate surface area is 160 Å². The minimum absolute atomic E-state index is 0.00984. The Balaban J connectivity index is 1.81. The van der Waals surface area contributed by atoms with E-state index in [1.807, 2.05) is 6.07 Å². The molecular formula is C20H25N3O3S. The number of benzene rings is 2. The summed E-state index contributed by atoms with van der Waals surface area (Å²) in [4.78, 5) is 12.7. The van der Waals surface area contributed by atoms with Crippen LogP contribution in [0.2, 0.25) is 0 Å². The number of carbonyl (C=O) groups excluding carboxylic acids is 1. The zero-order valence-corrected chi connectivity index (χ0v) is 16.2. The van der Waals surface area contributed by atoms with Crippen LogP contribution in [-0.2, 0) is 10.0 Å². The molecule has 1 unspecified atom stereocenters. The van der Waals surface area contributed by atoms with E-state index >= 15 is 0 Å². The topological polar surface area (TPSA) is 78.5 Å². The van der Waals surface area contributed by atoms with Gasteiger partial charge in [-0.05, 0) is 56.1 Å². The summed E-state index contributed by atoms with van der Waals surface area (Å²) in [5.41, 5.74) is 0.713. The van der Waals surface area contributed by atoms with Crippen LogP contribution in [0.15, 0.2) is 59.5 Å². The van der Waals surface area contributed by atoms with Crippen LogP contribution >= 0.6 is 0 Å². The molecule has 1 aliphatic heterocycles. The third-order valence-corrected chi connectivity index (χ3v) is 6.68. The van der Waals surface area contributed by atoms with E-state index in [1.165, 1.54) is 17.4 Å². The van der Waals surface area contributed by atoms with Gasteiger partial charge >= 0.3 is 0 Å². The van der Waals surface area contributed by atoms with Gasteiger partial charge in [0.15, 0.2) is 0 Å². The van der Waals surface area contributed by atoms with Gasteiger partial charge in [-0.3, -0.25) is 9.10 Å². The Morgan fingerprint density at radius 3 is 2.56 bits per heavy atom. The van der Waals surface area contributed by atoms with Crippen molar-refractivity contribution in [1.29, 1.82) is 0 Å². The molecule has 27 heavy (non-hydrogen) atoms. The van der Waals surface area contributed by atoms with E-state index in [9.17, 15) is 13.2 Å². The first-order valence-corrected chi connectivity index (χ1v) is 10.6. The molecule has 6 nitrogen and oxygen atoms in total. The van der Waals surface area contributed by atoms with E-state index in [2.05, 4.69) is 10.6 Å². The second-order valence-corrected chi connectivity index (χ2v) is 8.66. The lowest BCUT2D eigenvalue weighted by atomic mass is 10.00. The summed E-state index contributed by atoms with van der Waals surface area (Å²) in [5, 5.41) is 6.21. The second-order valence-electron chi connectivity index (χ2n) is 6.73. The van der Waals surface area contributed by atoms with Crippen molar-refractivity contribution < 1.29 is 13.2 Å². The summed E-state index contributed by atoms with van der Waals surface area (Å²) in [6.07, 6.45) is 2.15. The Bertz CT molecular complexity index is 878. The zero-order chi connectivity index (χ0) is 19.3. The maximum absolute atomic E-state index is 13.1. The van der Waals surface area contributed by atoms with E-state index in [0.29, 0.717) is 18.2 Å². The predicted octanol–water partition coefficient (Wildman–Crippen LogP) is 2.24. The third-order valence-electron chi connectivity index (χ3n) is 4.84. The zero-order valence-electron chi connectivity index (χ0n) is 15.4. The highest BCUT2D eigenvalue weighted by atomic mass is 32.2. The Kier molecular flexibility index (Phi) is 6.13. The summed E-state index contributed by atoms with van der Waals surface area (Å²) in [7, 11) is -2.36. The number of carbonyl (C=O) groups is 1. The highest BCUT2D eigenvalue weighted by Crippen LogP contribution is 2.24. The first-order valence-electron chi connectivity index (χ1n) is 9.12. The first kappa shape index (κ1) is 19.4. The smallest absolute Gasteiger partial charge is 0.264 e. The third kappa shape index (κ3) is 4.48. The van der Waals surface area contributed by atoms with Crippen molar-refractivity contribution in [3.8, 4) is 0 Å². The highest BCUT2D eigenvalue weighted by Gasteiger charge is 2.27. The summed E-state index contributed by atoms with van der Waals surface area (Å²) in [5.74, 6) is 0.0136. The average Bonchev–Trinajstić information content (AvgIpc) is 2.72. The van der Waals surface area contributed by atoms with Gasteiger partial charge in [0, 0.05) is 13.6 Å². The molecule has 1 saturated heterocycles. The number of para-hydroxylation sites is 1. The lowest BCUT2D eigenvalue weighted by Gasteiger charge is -2.24. The molecule has 0 radical (unpaired) electrons. The van der Waals surface area contributed by atoms with Gasteiger partial charge in [-0.25, -0.2) is 8.42 Å². The first-order chi connectivity index (χ1) is 13.0. The van der Waals surface area contributed by atoms with Gasteiger partial charge in [0.05, 0.1) is 11.3 Å². The SMILES string of the molecule is CN(c1ccccc1)S(=O)(=O)c1ccccc1C(=O)NCC1CCCNC1. The summed E-state index contributed by atoms with van der Waals surface area (Å²) >= 11 is 0. The van der Waals surface area contributed by atoms with Crippen LogP contribution in [0, 0.1) is 5.92 Å². The maximum Gasteiger partial charge on any atom is 0.264 e. The normalized spacial score (nSPS) is 17.3. The molecule has 2 aromatic carbocycles. The largest absolute Gasteiger partial charge is 0.352 e. The molecule has 0 saturated carbocycles. The Hall–Kier alpha value is -2.38. The van der Waals surface area contributed by atoms with E-state index < -0.39 is 10.0 Å². The summed E-state index contributed by atoms with van der Waals surface area (Å²) in [6.45, 7) is 2.42. The van der Waals surface area contributed by atoms with Crippen LogP contribution in [0.5, 0.6) is 0 Å². The molecule has 1 amide bonds. The van der Waals surface area contributed by atoms with Crippen LogP contribution < -0.4 is 14.9 Å². The fourth-order valence-electron chi connectivity index (χ4n) is 3.23. The standard InChI is InChI=1S/C20H25N3O3S/c1-23(17-9-3-2-4-10-17)27(25,26)19-12-6-5-11-18(19)20(24)22-15-16-8-7-13-21-14-16/h2-6,9-12,16,21H,7-8,13-15H2,1H3,(H,22,24). The molecule has 0 aliphatic carbocycles. The monoisotopic (exact) mass is 387 g/mol. The minimum Gasteiger partial charge on any atom is -0.352 e. The van der Waals surface area contributed by atoms with E-state index in [4.69, 9.17) is 0 Å². The molecule has 1 heterocycles. The van der Waals surface area contributed by atoms with Crippen molar-refractivity contribution in [2.75, 3.05) is 31.0 Å². The quantitative estimate of drug-likeness (QED) is 0.797.